The number of carbonyl (C=O) groups excluding carboxylic acids is 1. The Labute approximate surface area is 67.5 Å². The first kappa shape index (κ1) is 8.53. The van der Waals surface area contributed by atoms with Gasteiger partial charge in [-0.3, -0.25) is 4.79 Å². The van der Waals surface area contributed by atoms with Gasteiger partial charge in [0.15, 0.2) is 0 Å². The molecule has 0 aromatic carbocycles. The molecule has 1 amide bonds. The molecule has 3 nitrogen and oxygen atoms in total. The molecule has 1 saturated carbocycles. The predicted molar refractivity (Wildman–Crippen MR) is 44.1 cm³/mol. The Kier molecular flexibility index (Phi) is 2.49. The van der Waals surface area contributed by atoms with Gasteiger partial charge in [0.1, 0.15) is 0 Å². The molecule has 0 saturated heterocycles. The monoisotopic (exact) mass is 156 g/mol. The zero-order chi connectivity index (χ0) is 8.43. The lowest BCUT2D eigenvalue weighted by molar-refractivity contribution is -0.130. The highest BCUT2D eigenvalue weighted by molar-refractivity contribution is 5.77. The van der Waals surface area contributed by atoms with Crippen LogP contribution in [0.5, 0.6) is 0 Å². The van der Waals surface area contributed by atoms with Crippen molar-refractivity contribution in [2.24, 2.45) is 5.73 Å². The minimum Gasteiger partial charge on any atom is -0.343 e. The van der Waals surface area contributed by atoms with Crippen LogP contribution in [0.3, 0.4) is 0 Å². The second kappa shape index (κ2) is 3.22. The number of hydrogen-bond donors (Lipinski definition) is 1. The van der Waals surface area contributed by atoms with E-state index in [0.29, 0.717) is 12.5 Å². The van der Waals surface area contributed by atoms with Crippen molar-refractivity contribution in [3.05, 3.63) is 0 Å². The zero-order valence-electron chi connectivity index (χ0n) is 7.21. The maximum atomic E-state index is 11.3. The van der Waals surface area contributed by atoms with E-state index in [9.17, 15) is 4.79 Å². The van der Waals surface area contributed by atoms with Gasteiger partial charge in [0.2, 0.25) is 5.91 Å². The molecule has 0 aromatic heterocycles. The van der Waals surface area contributed by atoms with Crippen molar-refractivity contribution in [1.82, 2.24) is 4.90 Å². The third-order valence-corrected chi connectivity index (χ3v) is 1.98. The van der Waals surface area contributed by atoms with E-state index in [0.717, 1.165) is 0 Å². The minimum absolute atomic E-state index is 0.0105. The molecule has 1 aliphatic carbocycles. The molecular weight excluding hydrogens is 140 g/mol. The second-order valence-electron chi connectivity index (χ2n) is 3.42. The van der Waals surface area contributed by atoms with Crippen molar-refractivity contribution in [3.63, 3.8) is 0 Å². The number of amides is 1. The summed E-state index contributed by atoms with van der Waals surface area (Å²) in [5, 5.41) is 0. The fourth-order valence-corrected chi connectivity index (χ4v) is 1.08. The summed E-state index contributed by atoms with van der Waals surface area (Å²) >= 11 is 0. The highest BCUT2D eigenvalue weighted by Crippen LogP contribution is 2.25. The van der Waals surface area contributed by atoms with Crippen molar-refractivity contribution in [1.29, 1.82) is 0 Å². The lowest BCUT2D eigenvalue weighted by Crippen LogP contribution is -2.33. The number of rotatable bonds is 3. The molecule has 11 heavy (non-hydrogen) atoms. The van der Waals surface area contributed by atoms with Crippen molar-refractivity contribution in [2.75, 3.05) is 7.05 Å². The summed E-state index contributed by atoms with van der Waals surface area (Å²) in [5.74, 6) is 0.183. The van der Waals surface area contributed by atoms with Gasteiger partial charge < -0.3 is 10.6 Å². The van der Waals surface area contributed by atoms with Crippen LogP contribution in [0.2, 0.25) is 0 Å². The van der Waals surface area contributed by atoms with E-state index in [-0.39, 0.29) is 11.9 Å². The van der Waals surface area contributed by atoms with Gasteiger partial charge in [-0.25, -0.2) is 0 Å². The number of hydrogen-bond acceptors (Lipinski definition) is 2. The normalized spacial score (nSPS) is 19.5. The van der Waals surface area contributed by atoms with Crippen molar-refractivity contribution < 1.29 is 4.79 Å². The summed E-state index contributed by atoms with van der Waals surface area (Å²) in [4.78, 5) is 13.1. The van der Waals surface area contributed by atoms with Gasteiger partial charge in [-0.1, -0.05) is 0 Å². The van der Waals surface area contributed by atoms with Gasteiger partial charge >= 0.3 is 0 Å². The van der Waals surface area contributed by atoms with Crippen LogP contribution in [0.1, 0.15) is 26.2 Å². The third kappa shape index (κ3) is 2.50. The number of nitrogens with zero attached hydrogens (tertiary/aromatic N) is 1. The molecule has 64 valence electrons. The van der Waals surface area contributed by atoms with E-state index in [1.807, 2.05) is 18.9 Å². The van der Waals surface area contributed by atoms with Crippen LogP contribution in [0.25, 0.3) is 0 Å². The first-order valence-electron chi connectivity index (χ1n) is 4.12. The number of nitrogens with two attached hydrogens (primary N) is 1. The van der Waals surface area contributed by atoms with Crippen LogP contribution in [0.15, 0.2) is 0 Å². The minimum atomic E-state index is -0.0105. The fraction of sp³-hybridized carbons (Fsp3) is 0.875. The molecule has 0 spiro atoms. The van der Waals surface area contributed by atoms with E-state index in [1.165, 1.54) is 12.8 Å². The Morgan fingerprint density at radius 1 is 1.73 bits per heavy atom. The molecule has 1 unspecified atom stereocenters. The second-order valence-corrected chi connectivity index (χ2v) is 3.42. The highest BCUT2D eigenvalue weighted by atomic mass is 16.2. The Balaban J connectivity index is 2.27. The lowest BCUT2D eigenvalue weighted by Gasteiger charge is -2.17. The topological polar surface area (TPSA) is 46.3 Å². The van der Waals surface area contributed by atoms with Crippen molar-refractivity contribution in [2.45, 2.75) is 38.3 Å². The molecule has 0 aromatic rings. The largest absolute Gasteiger partial charge is 0.343 e. The van der Waals surface area contributed by atoms with Crippen molar-refractivity contribution >= 4 is 5.91 Å². The molecule has 0 aliphatic heterocycles. The van der Waals surface area contributed by atoms with Gasteiger partial charge in [-0.15, -0.1) is 0 Å². The van der Waals surface area contributed by atoms with Gasteiger partial charge in [0, 0.05) is 25.6 Å². The molecule has 1 rings (SSSR count). The maximum Gasteiger partial charge on any atom is 0.224 e. The van der Waals surface area contributed by atoms with E-state index in [2.05, 4.69) is 0 Å². The molecule has 0 radical (unpaired) electrons. The molecule has 0 bridgehead atoms. The van der Waals surface area contributed by atoms with Crippen LogP contribution in [-0.4, -0.2) is 29.9 Å². The average Bonchev–Trinajstić information content (AvgIpc) is 2.65. The van der Waals surface area contributed by atoms with Crippen LogP contribution in [-0.2, 0) is 4.79 Å². The average molecular weight is 156 g/mol. The van der Waals surface area contributed by atoms with Gasteiger partial charge in [-0.05, 0) is 19.8 Å². The van der Waals surface area contributed by atoms with E-state index in [4.69, 9.17) is 5.73 Å². The summed E-state index contributed by atoms with van der Waals surface area (Å²) < 4.78 is 0. The van der Waals surface area contributed by atoms with Gasteiger partial charge in [-0.2, -0.15) is 0 Å². The summed E-state index contributed by atoms with van der Waals surface area (Å²) in [6, 6.07) is 0.505. The van der Waals surface area contributed by atoms with E-state index < -0.39 is 0 Å². The molecule has 0 heterocycles. The van der Waals surface area contributed by atoms with Crippen LogP contribution in [0.4, 0.5) is 0 Å². The molecule has 2 N–H and O–H groups in total. The van der Waals surface area contributed by atoms with Crippen LogP contribution >= 0.6 is 0 Å². The van der Waals surface area contributed by atoms with Crippen molar-refractivity contribution in [3.8, 4) is 0 Å². The van der Waals surface area contributed by atoms with Crippen LogP contribution in [0, 0.1) is 0 Å². The maximum absolute atomic E-state index is 11.3. The molecular formula is C8H16N2O. The molecule has 1 atom stereocenters. The SMILES string of the molecule is CC(N)CC(=O)N(C)C1CC1. The summed E-state index contributed by atoms with van der Waals surface area (Å²) in [7, 11) is 1.86. The third-order valence-electron chi connectivity index (χ3n) is 1.98. The smallest absolute Gasteiger partial charge is 0.224 e. The Bertz CT molecular complexity index is 152. The zero-order valence-corrected chi connectivity index (χ0v) is 7.21. The Morgan fingerprint density at radius 3 is 2.64 bits per heavy atom. The molecule has 1 fully saturated rings. The lowest BCUT2D eigenvalue weighted by atomic mass is 10.2. The quantitative estimate of drug-likeness (QED) is 0.640. The van der Waals surface area contributed by atoms with E-state index >= 15 is 0 Å². The summed E-state index contributed by atoms with van der Waals surface area (Å²) in [5.41, 5.74) is 5.50. The number of carbonyl (C=O) groups is 1. The summed E-state index contributed by atoms with van der Waals surface area (Å²) in [6.45, 7) is 1.86. The standard InChI is InChI=1S/C8H16N2O/c1-6(9)5-8(11)10(2)7-3-4-7/h6-7H,3-5,9H2,1-2H3. The first-order chi connectivity index (χ1) is 5.11. The van der Waals surface area contributed by atoms with Crippen LogP contribution < -0.4 is 5.73 Å². The van der Waals surface area contributed by atoms with E-state index in [1.54, 1.807) is 0 Å². The summed E-state index contributed by atoms with van der Waals surface area (Å²) in [6.07, 6.45) is 2.81. The van der Waals surface area contributed by atoms with Gasteiger partial charge in [0.05, 0.1) is 0 Å². The molecule has 1 aliphatic rings. The Hall–Kier alpha value is -0.570. The first-order valence-corrected chi connectivity index (χ1v) is 4.12. The predicted octanol–water partition coefficient (Wildman–Crippen LogP) is 0.344. The highest BCUT2D eigenvalue weighted by Gasteiger charge is 2.29. The molecule has 3 heteroatoms. The fourth-order valence-electron chi connectivity index (χ4n) is 1.08. The van der Waals surface area contributed by atoms with Gasteiger partial charge in [0.25, 0.3) is 0 Å². The Morgan fingerprint density at radius 2 is 2.27 bits per heavy atom.